The van der Waals surface area contributed by atoms with Gasteiger partial charge in [0.15, 0.2) is 0 Å². The Labute approximate surface area is 199 Å². The first kappa shape index (κ1) is 22.1. The summed E-state index contributed by atoms with van der Waals surface area (Å²) < 4.78 is 16.3. The molecular formula is C25H20FN7O2. The van der Waals surface area contributed by atoms with Crippen molar-refractivity contribution in [2.75, 3.05) is 13.6 Å². The zero-order valence-electron chi connectivity index (χ0n) is 18.7. The topological polar surface area (TPSA) is 114 Å². The van der Waals surface area contributed by atoms with Gasteiger partial charge in [0.25, 0.3) is 11.7 Å². The molecule has 0 fully saturated rings. The van der Waals surface area contributed by atoms with Crippen LogP contribution in [0.4, 0.5) is 4.39 Å². The van der Waals surface area contributed by atoms with E-state index in [4.69, 9.17) is 0 Å². The monoisotopic (exact) mass is 469 g/mol. The normalized spacial score (nSPS) is 11.0. The van der Waals surface area contributed by atoms with Gasteiger partial charge in [-0.15, -0.1) is 0 Å². The van der Waals surface area contributed by atoms with Crippen molar-refractivity contribution in [3.05, 3.63) is 89.8 Å². The number of hydrogen-bond acceptors (Lipinski definition) is 6. The molecule has 174 valence electrons. The molecule has 2 amide bonds. The van der Waals surface area contributed by atoms with E-state index < -0.39 is 11.7 Å². The molecule has 0 unspecified atom stereocenters. The number of imidazole rings is 1. The summed E-state index contributed by atoms with van der Waals surface area (Å²) in [4.78, 5) is 36.5. The van der Waals surface area contributed by atoms with Crippen LogP contribution in [0.2, 0.25) is 0 Å². The number of nitrogens with one attached hydrogen (secondary N) is 2. The van der Waals surface area contributed by atoms with Crippen LogP contribution in [0, 0.1) is 5.82 Å². The molecule has 9 nitrogen and oxygen atoms in total. The van der Waals surface area contributed by atoms with Gasteiger partial charge in [0.2, 0.25) is 5.91 Å². The number of nitrogens with zero attached hydrogens (tertiary/aromatic N) is 5. The van der Waals surface area contributed by atoms with E-state index >= 15 is 0 Å². The summed E-state index contributed by atoms with van der Waals surface area (Å²) >= 11 is 0. The van der Waals surface area contributed by atoms with Crippen molar-refractivity contribution in [3.63, 3.8) is 0 Å². The lowest BCUT2D eigenvalue weighted by Gasteiger charge is -2.08. The second-order valence-corrected chi connectivity index (χ2v) is 7.86. The van der Waals surface area contributed by atoms with Gasteiger partial charge >= 0.3 is 0 Å². The highest BCUT2D eigenvalue weighted by atomic mass is 19.1. The smallest absolute Gasteiger partial charge is 0.254 e. The van der Waals surface area contributed by atoms with Gasteiger partial charge in [0.1, 0.15) is 11.5 Å². The van der Waals surface area contributed by atoms with E-state index in [-0.39, 0.29) is 18.0 Å². The molecule has 35 heavy (non-hydrogen) atoms. The number of carbonyl (C=O) groups is 2. The predicted octanol–water partition coefficient (Wildman–Crippen LogP) is 2.55. The number of fused-ring (bicyclic) bond motifs is 2. The number of likely N-dealkylation sites (N-methyl/N-ethyl adjacent to an activating group) is 1. The van der Waals surface area contributed by atoms with Crippen LogP contribution in [0.1, 0.15) is 21.6 Å². The Balaban J connectivity index is 1.41. The van der Waals surface area contributed by atoms with Crippen LogP contribution >= 0.6 is 0 Å². The quantitative estimate of drug-likeness (QED) is 0.395. The summed E-state index contributed by atoms with van der Waals surface area (Å²) in [5.74, 6) is -1.36. The van der Waals surface area contributed by atoms with E-state index in [1.165, 1.54) is 25.4 Å². The highest BCUT2D eigenvalue weighted by molar-refractivity contribution is 5.97. The first-order valence-electron chi connectivity index (χ1n) is 10.8. The third-order valence-corrected chi connectivity index (χ3v) is 5.55. The molecule has 2 aromatic carbocycles. The first-order chi connectivity index (χ1) is 17.0. The van der Waals surface area contributed by atoms with Gasteiger partial charge in [-0.05, 0) is 35.9 Å². The van der Waals surface area contributed by atoms with Crippen LogP contribution in [0.5, 0.6) is 0 Å². The van der Waals surface area contributed by atoms with Crippen molar-refractivity contribution in [2.45, 2.75) is 6.42 Å². The number of carbonyl (C=O) groups excluding carboxylic acids is 2. The van der Waals surface area contributed by atoms with Crippen LogP contribution in [0.15, 0.2) is 67.1 Å². The van der Waals surface area contributed by atoms with Crippen molar-refractivity contribution in [3.8, 4) is 11.3 Å². The highest BCUT2D eigenvalue weighted by Gasteiger charge is 2.15. The number of halogens is 1. The molecule has 2 N–H and O–H groups in total. The van der Waals surface area contributed by atoms with E-state index in [1.807, 2.05) is 24.3 Å². The molecule has 5 aromatic rings. The number of hydrogen-bond donors (Lipinski definition) is 2. The molecule has 10 heteroatoms. The van der Waals surface area contributed by atoms with Gasteiger partial charge in [-0.1, -0.05) is 18.2 Å². The molecule has 0 saturated heterocycles. The van der Waals surface area contributed by atoms with Gasteiger partial charge in [-0.2, -0.15) is 5.10 Å². The second-order valence-electron chi connectivity index (χ2n) is 7.86. The van der Waals surface area contributed by atoms with Crippen molar-refractivity contribution >= 4 is 28.5 Å². The van der Waals surface area contributed by atoms with Crippen LogP contribution in [-0.2, 0) is 11.2 Å². The SMILES string of the molecule is CNC(=O)CNC(=O)c1ccc(-c2cnc3ncc(Cc4ccc5ncccc5c4)n3n2)cc1F. The molecule has 0 aliphatic rings. The lowest BCUT2D eigenvalue weighted by Crippen LogP contribution is -2.35. The zero-order chi connectivity index (χ0) is 24.4. The molecule has 0 radical (unpaired) electrons. The van der Waals surface area contributed by atoms with Crippen molar-refractivity contribution in [1.29, 1.82) is 0 Å². The van der Waals surface area contributed by atoms with Gasteiger partial charge in [0, 0.05) is 30.6 Å². The van der Waals surface area contributed by atoms with E-state index in [9.17, 15) is 14.0 Å². The molecule has 0 spiro atoms. The van der Waals surface area contributed by atoms with Crippen LogP contribution < -0.4 is 10.6 Å². The minimum atomic E-state index is -0.727. The molecular weight excluding hydrogens is 449 g/mol. The third-order valence-electron chi connectivity index (χ3n) is 5.55. The minimum absolute atomic E-state index is 0.166. The van der Waals surface area contributed by atoms with Gasteiger partial charge in [0.05, 0.1) is 35.7 Å². The molecule has 0 aliphatic heterocycles. The summed E-state index contributed by atoms with van der Waals surface area (Å²) in [6.45, 7) is -0.240. The van der Waals surface area contributed by atoms with Gasteiger partial charge in [-0.25, -0.2) is 18.9 Å². The summed E-state index contributed by atoms with van der Waals surface area (Å²) in [6, 6.07) is 14.1. The van der Waals surface area contributed by atoms with E-state index in [0.717, 1.165) is 22.2 Å². The average Bonchev–Trinajstić information content (AvgIpc) is 3.28. The fourth-order valence-corrected chi connectivity index (χ4v) is 3.72. The van der Waals surface area contributed by atoms with Crippen molar-refractivity contribution < 1.29 is 14.0 Å². The maximum atomic E-state index is 14.7. The number of benzene rings is 2. The number of aromatic nitrogens is 5. The molecule has 3 heterocycles. The van der Waals surface area contributed by atoms with Crippen molar-refractivity contribution in [2.24, 2.45) is 0 Å². The lowest BCUT2D eigenvalue weighted by atomic mass is 10.1. The van der Waals surface area contributed by atoms with Crippen LogP contribution in [0.25, 0.3) is 27.9 Å². The van der Waals surface area contributed by atoms with Gasteiger partial charge in [-0.3, -0.25) is 14.6 Å². The number of rotatable bonds is 6. The largest absolute Gasteiger partial charge is 0.358 e. The highest BCUT2D eigenvalue weighted by Crippen LogP contribution is 2.21. The molecule has 0 bridgehead atoms. The van der Waals surface area contributed by atoms with Crippen LogP contribution in [0.3, 0.4) is 0 Å². The maximum absolute atomic E-state index is 14.7. The Kier molecular flexibility index (Phi) is 5.84. The van der Waals surface area contributed by atoms with Gasteiger partial charge < -0.3 is 10.6 Å². The fourth-order valence-electron chi connectivity index (χ4n) is 3.72. The van der Waals surface area contributed by atoms with Crippen molar-refractivity contribution in [1.82, 2.24) is 35.2 Å². The Morgan fingerprint density at radius 2 is 1.89 bits per heavy atom. The Bertz CT molecular complexity index is 1580. The zero-order valence-corrected chi connectivity index (χ0v) is 18.7. The molecule has 0 atom stereocenters. The first-order valence-corrected chi connectivity index (χ1v) is 10.8. The van der Waals surface area contributed by atoms with E-state index in [1.54, 1.807) is 23.0 Å². The summed E-state index contributed by atoms with van der Waals surface area (Å²) in [6.07, 6.45) is 5.56. The standard InChI is InChI=1S/C25H20FN7O2/c1-27-23(34)14-29-24(35)19-6-5-17(11-20(19)26)22-13-31-25-30-12-18(33(25)32-22)10-15-4-7-21-16(9-15)3-2-8-28-21/h2-9,11-13H,10,14H2,1H3,(H,27,34)(H,29,35). The van der Waals surface area contributed by atoms with Crippen LogP contribution in [-0.4, -0.2) is 50.0 Å². The summed E-state index contributed by atoms with van der Waals surface area (Å²) in [7, 11) is 1.45. The second kappa shape index (κ2) is 9.26. The predicted molar refractivity (Wildman–Crippen MR) is 127 cm³/mol. The summed E-state index contributed by atoms with van der Waals surface area (Å²) in [5.41, 5.74) is 3.53. The van der Waals surface area contributed by atoms with E-state index in [0.29, 0.717) is 23.5 Å². The van der Waals surface area contributed by atoms with E-state index in [2.05, 4.69) is 36.8 Å². The Morgan fingerprint density at radius 3 is 2.71 bits per heavy atom. The third kappa shape index (κ3) is 4.54. The number of pyridine rings is 1. The maximum Gasteiger partial charge on any atom is 0.254 e. The minimum Gasteiger partial charge on any atom is -0.358 e. The fraction of sp³-hybridized carbons (Fsp3) is 0.120. The lowest BCUT2D eigenvalue weighted by molar-refractivity contribution is -0.119. The molecule has 0 aliphatic carbocycles. The molecule has 0 saturated carbocycles. The average molecular weight is 469 g/mol. The summed E-state index contributed by atoms with van der Waals surface area (Å²) in [5, 5.41) is 10.4. The molecule has 3 aromatic heterocycles. The molecule has 5 rings (SSSR count). The number of amides is 2. The Morgan fingerprint density at radius 1 is 1.03 bits per heavy atom. The Hall–Kier alpha value is -4.73.